The minimum Gasteiger partial charge on any atom is -0.364 e. The van der Waals surface area contributed by atoms with Crippen LogP contribution in [-0.2, 0) is 17.9 Å². The fraction of sp³-hybridized carbons (Fsp3) is 0.111. The van der Waals surface area contributed by atoms with Crippen LogP contribution in [0.15, 0.2) is 53.3 Å². The van der Waals surface area contributed by atoms with Crippen LogP contribution in [0, 0.1) is 5.82 Å². The van der Waals surface area contributed by atoms with Gasteiger partial charge in [-0.3, -0.25) is 14.4 Å². The summed E-state index contributed by atoms with van der Waals surface area (Å²) in [6, 6.07) is 12.4. The van der Waals surface area contributed by atoms with E-state index in [2.05, 4.69) is 10.4 Å². The highest BCUT2D eigenvalue weighted by molar-refractivity contribution is 6.04. The summed E-state index contributed by atoms with van der Waals surface area (Å²) in [4.78, 5) is 36.2. The molecule has 0 aliphatic heterocycles. The van der Waals surface area contributed by atoms with Gasteiger partial charge in [0.1, 0.15) is 12.4 Å². The SMILES string of the molecule is NC(=O)c1nn(CC(=O)NCc2ccccc2F)c(=O)c2ccccc12. The maximum absolute atomic E-state index is 13.6. The molecule has 3 rings (SSSR count). The van der Waals surface area contributed by atoms with Crippen LogP contribution in [0.5, 0.6) is 0 Å². The number of nitrogens with zero attached hydrogens (tertiary/aromatic N) is 2. The highest BCUT2D eigenvalue weighted by atomic mass is 19.1. The van der Waals surface area contributed by atoms with E-state index in [0.29, 0.717) is 10.9 Å². The molecule has 0 aliphatic rings. The van der Waals surface area contributed by atoms with Crippen molar-refractivity contribution in [2.24, 2.45) is 5.73 Å². The zero-order valence-electron chi connectivity index (χ0n) is 13.6. The lowest BCUT2D eigenvalue weighted by Crippen LogP contribution is -2.35. The first-order valence-corrected chi connectivity index (χ1v) is 7.77. The Kier molecular flexibility index (Phi) is 4.74. The number of nitrogens with one attached hydrogen (secondary N) is 1. The molecule has 0 unspecified atom stereocenters. The summed E-state index contributed by atoms with van der Waals surface area (Å²) in [6.45, 7) is -0.449. The third kappa shape index (κ3) is 3.44. The van der Waals surface area contributed by atoms with Crippen molar-refractivity contribution in [1.29, 1.82) is 0 Å². The van der Waals surface area contributed by atoms with Crippen molar-refractivity contribution in [1.82, 2.24) is 15.1 Å². The topological polar surface area (TPSA) is 107 Å². The molecule has 3 aromatic rings. The molecule has 7 nitrogen and oxygen atoms in total. The zero-order valence-corrected chi connectivity index (χ0v) is 13.6. The predicted octanol–water partition coefficient (Wildman–Crippen LogP) is 0.951. The maximum Gasteiger partial charge on any atom is 0.275 e. The van der Waals surface area contributed by atoms with Gasteiger partial charge in [0, 0.05) is 17.5 Å². The molecule has 26 heavy (non-hydrogen) atoms. The molecule has 0 fully saturated rings. The predicted molar refractivity (Wildman–Crippen MR) is 92.8 cm³/mol. The van der Waals surface area contributed by atoms with E-state index in [1.54, 1.807) is 36.4 Å². The van der Waals surface area contributed by atoms with Crippen LogP contribution in [0.1, 0.15) is 16.1 Å². The van der Waals surface area contributed by atoms with Crippen molar-refractivity contribution in [3.05, 3.63) is 76.0 Å². The molecule has 8 heteroatoms. The number of nitrogens with two attached hydrogens (primary N) is 1. The fourth-order valence-corrected chi connectivity index (χ4v) is 2.55. The molecule has 2 aromatic carbocycles. The average Bonchev–Trinajstić information content (AvgIpc) is 2.63. The van der Waals surface area contributed by atoms with Gasteiger partial charge < -0.3 is 11.1 Å². The van der Waals surface area contributed by atoms with Crippen LogP contribution >= 0.6 is 0 Å². The van der Waals surface area contributed by atoms with E-state index in [1.807, 2.05) is 0 Å². The number of carbonyl (C=O) groups excluding carboxylic acids is 2. The number of amides is 2. The lowest BCUT2D eigenvalue weighted by molar-refractivity contribution is -0.122. The van der Waals surface area contributed by atoms with E-state index in [9.17, 15) is 18.8 Å². The quantitative estimate of drug-likeness (QED) is 0.711. The van der Waals surface area contributed by atoms with Gasteiger partial charge in [-0.25, -0.2) is 9.07 Å². The van der Waals surface area contributed by atoms with E-state index in [1.165, 1.54) is 12.1 Å². The molecular formula is C18H15FN4O3. The Morgan fingerprint density at radius 2 is 1.73 bits per heavy atom. The number of fused-ring (bicyclic) bond motifs is 1. The van der Waals surface area contributed by atoms with Gasteiger partial charge >= 0.3 is 0 Å². The second-order valence-corrected chi connectivity index (χ2v) is 5.59. The van der Waals surface area contributed by atoms with Gasteiger partial charge in [0.25, 0.3) is 11.5 Å². The molecule has 0 saturated heterocycles. The van der Waals surface area contributed by atoms with Crippen LogP contribution in [-0.4, -0.2) is 21.6 Å². The first-order chi connectivity index (χ1) is 12.5. The van der Waals surface area contributed by atoms with E-state index in [4.69, 9.17) is 5.73 Å². The zero-order chi connectivity index (χ0) is 18.7. The molecule has 3 N–H and O–H groups in total. The minimum atomic E-state index is -0.804. The summed E-state index contributed by atoms with van der Waals surface area (Å²) in [5, 5.41) is 6.99. The second kappa shape index (κ2) is 7.14. The van der Waals surface area contributed by atoms with Crippen molar-refractivity contribution in [3.8, 4) is 0 Å². The number of carbonyl (C=O) groups is 2. The fourth-order valence-electron chi connectivity index (χ4n) is 2.55. The van der Waals surface area contributed by atoms with E-state index < -0.39 is 29.7 Å². The van der Waals surface area contributed by atoms with Gasteiger partial charge in [0.15, 0.2) is 5.69 Å². The molecule has 0 aliphatic carbocycles. The van der Waals surface area contributed by atoms with Crippen molar-refractivity contribution in [2.45, 2.75) is 13.1 Å². The van der Waals surface area contributed by atoms with Crippen molar-refractivity contribution >= 4 is 22.6 Å². The van der Waals surface area contributed by atoms with E-state index in [0.717, 1.165) is 4.68 Å². The lowest BCUT2D eigenvalue weighted by atomic mass is 10.1. The van der Waals surface area contributed by atoms with Crippen LogP contribution in [0.3, 0.4) is 0 Å². The Hall–Kier alpha value is -3.55. The van der Waals surface area contributed by atoms with Crippen LogP contribution in [0.4, 0.5) is 4.39 Å². The highest BCUT2D eigenvalue weighted by Gasteiger charge is 2.16. The summed E-state index contributed by atoms with van der Waals surface area (Å²) in [5.41, 5.74) is 5.02. The van der Waals surface area contributed by atoms with E-state index in [-0.39, 0.29) is 17.6 Å². The molecule has 0 saturated carbocycles. The van der Waals surface area contributed by atoms with Gasteiger partial charge in [-0.2, -0.15) is 5.10 Å². The summed E-state index contributed by atoms with van der Waals surface area (Å²) in [5.74, 6) is -1.79. The Morgan fingerprint density at radius 1 is 1.08 bits per heavy atom. The second-order valence-electron chi connectivity index (χ2n) is 5.59. The smallest absolute Gasteiger partial charge is 0.275 e. The average molecular weight is 354 g/mol. The summed E-state index contributed by atoms with van der Waals surface area (Å²) >= 11 is 0. The molecule has 0 atom stereocenters. The van der Waals surface area contributed by atoms with Crippen molar-refractivity contribution in [2.75, 3.05) is 0 Å². The van der Waals surface area contributed by atoms with Crippen molar-refractivity contribution in [3.63, 3.8) is 0 Å². The maximum atomic E-state index is 13.6. The molecule has 1 heterocycles. The normalized spacial score (nSPS) is 10.7. The van der Waals surface area contributed by atoms with Crippen LogP contribution in [0.2, 0.25) is 0 Å². The van der Waals surface area contributed by atoms with Gasteiger partial charge in [-0.05, 0) is 12.1 Å². The molecule has 0 bridgehead atoms. The molecule has 0 radical (unpaired) electrons. The molecular weight excluding hydrogens is 339 g/mol. The van der Waals surface area contributed by atoms with Gasteiger partial charge in [-0.1, -0.05) is 36.4 Å². The number of benzene rings is 2. The van der Waals surface area contributed by atoms with Crippen LogP contribution < -0.4 is 16.6 Å². The largest absolute Gasteiger partial charge is 0.364 e. The lowest BCUT2D eigenvalue weighted by Gasteiger charge is -2.10. The summed E-state index contributed by atoms with van der Waals surface area (Å²) < 4.78 is 14.5. The first kappa shape index (κ1) is 17.3. The van der Waals surface area contributed by atoms with Gasteiger partial charge in [-0.15, -0.1) is 0 Å². The Morgan fingerprint density at radius 3 is 2.42 bits per heavy atom. The van der Waals surface area contributed by atoms with Crippen molar-refractivity contribution < 1.29 is 14.0 Å². The monoisotopic (exact) mass is 354 g/mol. The summed E-state index contributed by atoms with van der Waals surface area (Å²) in [7, 11) is 0. The number of hydrogen-bond acceptors (Lipinski definition) is 4. The number of hydrogen-bond donors (Lipinski definition) is 2. The van der Waals surface area contributed by atoms with Gasteiger partial charge in [0.2, 0.25) is 5.91 Å². The molecule has 0 spiro atoms. The number of aromatic nitrogens is 2. The van der Waals surface area contributed by atoms with Gasteiger partial charge in [0.05, 0.1) is 5.39 Å². The Bertz CT molecular complexity index is 1060. The minimum absolute atomic E-state index is 0.0312. The number of primary amides is 1. The highest BCUT2D eigenvalue weighted by Crippen LogP contribution is 2.12. The first-order valence-electron chi connectivity index (χ1n) is 7.77. The standard InChI is InChI=1S/C18H15FN4O3/c19-14-8-4-1-5-11(14)9-21-15(24)10-23-18(26)13-7-3-2-6-12(13)16(22-23)17(20)25/h1-8H,9-10H2,(H2,20,25)(H,21,24). The number of halogens is 1. The number of rotatable bonds is 5. The third-order valence-corrected chi connectivity index (χ3v) is 3.83. The van der Waals surface area contributed by atoms with Crippen LogP contribution in [0.25, 0.3) is 10.8 Å². The molecule has 1 aromatic heterocycles. The Labute approximate surface area is 147 Å². The molecule has 132 valence electrons. The molecule has 2 amide bonds. The summed E-state index contributed by atoms with van der Waals surface area (Å²) in [6.07, 6.45) is 0. The third-order valence-electron chi connectivity index (χ3n) is 3.83. The van der Waals surface area contributed by atoms with E-state index >= 15 is 0 Å². The Balaban J connectivity index is 1.85.